The highest BCUT2D eigenvalue weighted by atomic mass is 14.9. The van der Waals surface area contributed by atoms with Crippen LogP contribution in [0.5, 0.6) is 0 Å². The van der Waals surface area contributed by atoms with Crippen LogP contribution < -0.4 is 11.1 Å². The van der Waals surface area contributed by atoms with Crippen molar-refractivity contribution in [1.29, 1.82) is 0 Å². The standard InChI is InChI=1S/C14H26N2/c1-16-13(2-3-15)14-11-5-9-4-10(7-11)8-12(14)6-9/h9-14,16H,2-8,15H2,1H3. The third-order valence-corrected chi connectivity index (χ3v) is 5.61. The van der Waals surface area contributed by atoms with Gasteiger partial charge in [0.05, 0.1) is 0 Å². The molecule has 0 aromatic rings. The first-order chi connectivity index (χ1) is 7.81. The molecule has 0 aromatic carbocycles. The smallest absolute Gasteiger partial charge is 0.0110 e. The van der Waals surface area contributed by atoms with Crippen LogP contribution in [-0.2, 0) is 0 Å². The minimum absolute atomic E-state index is 0.694. The van der Waals surface area contributed by atoms with Crippen molar-refractivity contribution in [3.8, 4) is 0 Å². The van der Waals surface area contributed by atoms with Crippen molar-refractivity contribution in [3.05, 3.63) is 0 Å². The van der Waals surface area contributed by atoms with Crippen LogP contribution in [0.3, 0.4) is 0 Å². The van der Waals surface area contributed by atoms with Gasteiger partial charge >= 0.3 is 0 Å². The fourth-order valence-electron chi connectivity index (χ4n) is 5.33. The Bertz CT molecular complexity index is 220. The number of rotatable bonds is 4. The molecule has 2 heteroatoms. The van der Waals surface area contributed by atoms with E-state index in [2.05, 4.69) is 12.4 Å². The third kappa shape index (κ3) is 1.70. The number of nitrogens with one attached hydrogen (secondary N) is 1. The van der Waals surface area contributed by atoms with Gasteiger partial charge in [-0.15, -0.1) is 0 Å². The quantitative estimate of drug-likeness (QED) is 0.763. The van der Waals surface area contributed by atoms with E-state index in [0.717, 1.165) is 36.1 Å². The molecule has 2 nitrogen and oxygen atoms in total. The molecule has 4 bridgehead atoms. The van der Waals surface area contributed by atoms with E-state index in [9.17, 15) is 0 Å². The Morgan fingerprint density at radius 3 is 2.06 bits per heavy atom. The summed E-state index contributed by atoms with van der Waals surface area (Å²) in [6.45, 7) is 0.842. The van der Waals surface area contributed by atoms with Crippen molar-refractivity contribution in [2.45, 2.75) is 44.6 Å². The van der Waals surface area contributed by atoms with Crippen LogP contribution in [-0.4, -0.2) is 19.6 Å². The lowest BCUT2D eigenvalue weighted by atomic mass is 9.50. The van der Waals surface area contributed by atoms with Gasteiger partial charge in [-0.25, -0.2) is 0 Å². The van der Waals surface area contributed by atoms with Crippen molar-refractivity contribution in [3.63, 3.8) is 0 Å². The molecule has 92 valence electrons. The molecular weight excluding hydrogens is 196 g/mol. The summed E-state index contributed by atoms with van der Waals surface area (Å²) in [4.78, 5) is 0. The van der Waals surface area contributed by atoms with Crippen molar-refractivity contribution in [1.82, 2.24) is 5.32 Å². The number of nitrogens with two attached hydrogens (primary N) is 1. The minimum Gasteiger partial charge on any atom is -0.330 e. The maximum absolute atomic E-state index is 5.76. The Labute approximate surface area is 99.4 Å². The predicted molar refractivity (Wildman–Crippen MR) is 67.1 cm³/mol. The van der Waals surface area contributed by atoms with E-state index >= 15 is 0 Å². The third-order valence-electron chi connectivity index (χ3n) is 5.61. The van der Waals surface area contributed by atoms with Gasteiger partial charge in [0.1, 0.15) is 0 Å². The van der Waals surface area contributed by atoms with E-state index < -0.39 is 0 Å². The zero-order valence-electron chi connectivity index (χ0n) is 10.5. The summed E-state index contributed by atoms with van der Waals surface area (Å²) < 4.78 is 0. The molecule has 0 radical (unpaired) electrons. The summed E-state index contributed by atoms with van der Waals surface area (Å²) in [6.07, 6.45) is 8.84. The zero-order valence-corrected chi connectivity index (χ0v) is 10.5. The molecule has 3 N–H and O–H groups in total. The van der Waals surface area contributed by atoms with Gasteiger partial charge < -0.3 is 11.1 Å². The Balaban J connectivity index is 1.75. The van der Waals surface area contributed by atoms with E-state index in [0.29, 0.717) is 6.04 Å². The highest BCUT2D eigenvalue weighted by Crippen LogP contribution is 2.57. The Hall–Kier alpha value is -0.0800. The molecule has 1 unspecified atom stereocenters. The first-order valence-electron chi connectivity index (χ1n) is 7.19. The lowest BCUT2D eigenvalue weighted by Gasteiger charge is -2.56. The van der Waals surface area contributed by atoms with Crippen molar-refractivity contribution >= 4 is 0 Å². The molecule has 0 aromatic heterocycles. The highest BCUT2D eigenvalue weighted by molar-refractivity contribution is 5.01. The van der Waals surface area contributed by atoms with E-state index in [1.165, 1.54) is 32.1 Å². The highest BCUT2D eigenvalue weighted by Gasteiger charge is 2.49. The molecular formula is C14H26N2. The van der Waals surface area contributed by atoms with Gasteiger partial charge in [-0.2, -0.15) is 0 Å². The maximum Gasteiger partial charge on any atom is 0.0110 e. The second-order valence-electron chi connectivity index (χ2n) is 6.48. The molecule has 1 atom stereocenters. The van der Waals surface area contributed by atoms with E-state index in [4.69, 9.17) is 5.73 Å². The fourth-order valence-corrected chi connectivity index (χ4v) is 5.33. The summed E-state index contributed by atoms with van der Waals surface area (Å²) in [5, 5.41) is 3.55. The lowest BCUT2D eigenvalue weighted by molar-refractivity contribution is -0.0515. The largest absolute Gasteiger partial charge is 0.330 e. The first-order valence-corrected chi connectivity index (χ1v) is 7.19. The predicted octanol–water partition coefficient (Wildman–Crippen LogP) is 2.00. The Morgan fingerprint density at radius 2 is 1.62 bits per heavy atom. The molecule has 16 heavy (non-hydrogen) atoms. The lowest BCUT2D eigenvalue weighted by Crippen LogP contribution is -2.52. The first kappa shape index (κ1) is 11.0. The molecule has 0 aliphatic heterocycles. The van der Waals surface area contributed by atoms with E-state index in [1.54, 1.807) is 6.42 Å². The summed E-state index contributed by atoms with van der Waals surface area (Å²) >= 11 is 0. The monoisotopic (exact) mass is 222 g/mol. The van der Waals surface area contributed by atoms with Crippen LogP contribution in [0, 0.1) is 29.6 Å². The second-order valence-corrected chi connectivity index (χ2v) is 6.48. The molecule has 0 spiro atoms. The van der Waals surface area contributed by atoms with Crippen LogP contribution >= 0.6 is 0 Å². The van der Waals surface area contributed by atoms with Gasteiger partial charge in [0.15, 0.2) is 0 Å². The minimum atomic E-state index is 0.694. The molecule has 0 heterocycles. The molecule has 4 fully saturated rings. The molecule has 0 amide bonds. The maximum atomic E-state index is 5.76. The van der Waals surface area contributed by atoms with Gasteiger partial charge in [0.2, 0.25) is 0 Å². The average Bonchev–Trinajstić information content (AvgIpc) is 2.26. The molecule has 4 saturated carbocycles. The zero-order chi connectivity index (χ0) is 11.1. The number of hydrogen-bond acceptors (Lipinski definition) is 2. The van der Waals surface area contributed by atoms with Gasteiger partial charge in [0.25, 0.3) is 0 Å². The average molecular weight is 222 g/mol. The van der Waals surface area contributed by atoms with Crippen LogP contribution in [0.4, 0.5) is 0 Å². The fraction of sp³-hybridized carbons (Fsp3) is 1.00. The van der Waals surface area contributed by atoms with E-state index in [1.807, 2.05) is 0 Å². The molecule has 4 aliphatic rings. The topological polar surface area (TPSA) is 38.0 Å². The van der Waals surface area contributed by atoms with Crippen molar-refractivity contribution in [2.75, 3.05) is 13.6 Å². The summed E-state index contributed by atoms with van der Waals surface area (Å²) in [5.74, 6) is 5.19. The van der Waals surface area contributed by atoms with Gasteiger partial charge in [-0.1, -0.05) is 0 Å². The second kappa shape index (κ2) is 4.30. The van der Waals surface area contributed by atoms with Crippen LogP contribution in [0.25, 0.3) is 0 Å². The van der Waals surface area contributed by atoms with Crippen molar-refractivity contribution in [2.24, 2.45) is 35.3 Å². The van der Waals surface area contributed by atoms with Crippen molar-refractivity contribution < 1.29 is 0 Å². The van der Waals surface area contributed by atoms with E-state index in [-0.39, 0.29) is 0 Å². The van der Waals surface area contributed by atoms with Crippen LogP contribution in [0.15, 0.2) is 0 Å². The SMILES string of the molecule is CNC(CCN)C1C2CC3CC(C2)CC1C3. The van der Waals surface area contributed by atoms with Gasteiger partial charge in [-0.05, 0) is 81.7 Å². The molecule has 4 rings (SSSR count). The molecule has 0 saturated heterocycles. The van der Waals surface area contributed by atoms with Gasteiger partial charge in [-0.3, -0.25) is 0 Å². The summed E-state index contributed by atoms with van der Waals surface area (Å²) in [5.41, 5.74) is 5.76. The summed E-state index contributed by atoms with van der Waals surface area (Å²) in [7, 11) is 2.13. The number of hydrogen-bond donors (Lipinski definition) is 2. The van der Waals surface area contributed by atoms with Crippen LogP contribution in [0.1, 0.15) is 38.5 Å². The Morgan fingerprint density at radius 1 is 1.06 bits per heavy atom. The normalized spacial score (nSPS) is 47.2. The van der Waals surface area contributed by atoms with Crippen LogP contribution in [0.2, 0.25) is 0 Å². The molecule has 4 aliphatic carbocycles. The Kier molecular flexibility index (Phi) is 2.97. The summed E-state index contributed by atoms with van der Waals surface area (Å²) in [6, 6.07) is 0.694. The van der Waals surface area contributed by atoms with Gasteiger partial charge in [0, 0.05) is 6.04 Å².